The molecule has 0 bridgehead atoms. The largest absolute Gasteiger partial charge is 0.490 e. The van der Waals surface area contributed by atoms with Crippen molar-refractivity contribution in [2.75, 3.05) is 19.8 Å². The van der Waals surface area contributed by atoms with Gasteiger partial charge in [0, 0.05) is 19.3 Å². The zero-order valence-corrected chi connectivity index (χ0v) is 18.4. The van der Waals surface area contributed by atoms with E-state index in [2.05, 4.69) is 5.32 Å². The predicted octanol–water partition coefficient (Wildman–Crippen LogP) is 5.10. The number of amides is 1. The van der Waals surface area contributed by atoms with Crippen LogP contribution in [-0.2, 0) is 13.0 Å². The van der Waals surface area contributed by atoms with Crippen molar-refractivity contribution < 1.29 is 18.7 Å². The van der Waals surface area contributed by atoms with Crippen molar-refractivity contribution in [3.8, 4) is 11.5 Å². The lowest BCUT2D eigenvalue weighted by molar-refractivity contribution is 0.0945. The Hall–Kier alpha value is -2.99. The molecule has 0 aliphatic rings. The van der Waals surface area contributed by atoms with Crippen LogP contribution >= 0.6 is 11.6 Å². The second kappa shape index (κ2) is 10.9. The molecule has 1 aromatic heterocycles. The topological polar surface area (TPSA) is 52.5 Å². The maximum Gasteiger partial charge on any atom is 0.267 e. The number of hydrogen-bond acceptors (Lipinski definition) is 3. The molecule has 0 atom stereocenters. The molecule has 1 amide bonds. The summed E-state index contributed by atoms with van der Waals surface area (Å²) in [5.41, 5.74) is 2.28. The fourth-order valence-electron chi connectivity index (χ4n) is 3.25. The van der Waals surface area contributed by atoms with E-state index in [-0.39, 0.29) is 10.9 Å². The van der Waals surface area contributed by atoms with Gasteiger partial charge in [-0.25, -0.2) is 4.39 Å². The lowest BCUT2D eigenvalue weighted by Gasteiger charge is -2.13. The van der Waals surface area contributed by atoms with Gasteiger partial charge in [-0.2, -0.15) is 0 Å². The highest BCUT2D eigenvalue weighted by atomic mass is 35.5. The second-order valence-corrected chi connectivity index (χ2v) is 7.33. The third kappa shape index (κ3) is 6.01. The molecule has 31 heavy (non-hydrogen) atoms. The van der Waals surface area contributed by atoms with Crippen molar-refractivity contribution in [3.05, 3.63) is 82.4 Å². The minimum Gasteiger partial charge on any atom is -0.490 e. The molecule has 0 saturated heterocycles. The highest BCUT2D eigenvalue weighted by molar-refractivity contribution is 6.30. The van der Waals surface area contributed by atoms with Gasteiger partial charge in [-0.05, 0) is 67.8 Å². The number of benzene rings is 2. The van der Waals surface area contributed by atoms with E-state index >= 15 is 0 Å². The van der Waals surface area contributed by atoms with Crippen LogP contribution < -0.4 is 14.8 Å². The van der Waals surface area contributed by atoms with Crippen LogP contribution in [0.3, 0.4) is 0 Å². The van der Waals surface area contributed by atoms with Crippen molar-refractivity contribution in [2.24, 2.45) is 0 Å². The van der Waals surface area contributed by atoms with E-state index in [1.54, 1.807) is 29.0 Å². The molecule has 1 N–H and O–H groups in total. The zero-order chi connectivity index (χ0) is 22.2. The summed E-state index contributed by atoms with van der Waals surface area (Å²) < 4.78 is 26.7. The lowest BCUT2D eigenvalue weighted by atomic mass is 10.1. The van der Waals surface area contributed by atoms with Crippen LogP contribution in [0.4, 0.5) is 4.39 Å². The third-order valence-electron chi connectivity index (χ3n) is 4.71. The molecule has 5 nitrogen and oxygen atoms in total. The molecule has 0 saturated carbocycles. The summed E-state index contributed by atoms with van der Waals surface area (Å²) in [6, 6.07) is 14.0. The summed E-state index contributed by atoms with van der Waals surface area (Å²) in [7, 11) is 0. The van der Waals surface area contributed by atoms with Gasteiger partial charge in [-0.1, -0.05) is 23.7 Å². The maximum absolute atomic E-state index is 13.7. The Balaban J connectivity index is 1.60. The van der Waals surface area contributed by atoms with E-state index < -0.39 is 5.82 Å². The molecular formula is C24H26ClFN2O3. The van der Waals surface area contributed by atoms with Crippen molar-refractivity contribution >= 4 is 17.5 Å². The minimum absolute atomic E-state index is 0.0796. The highest BCUT2D eigenvalue weighted by Crippen LogP contribution is 2.28. The number of nitrogens with one attached hydrogen (secondary N) is 1. The summed E-state index contributed by atoms with van der Waals surface area (Å²) in [6.07, 6.45) is 2.45. The Morgan fingerprint density at radius 1 is 1.03 bits per heavy atom. The van der Waals surface area contributed by atoms with Crippen LogP contribution in [-0.4, -0.2) is 30.2 Å². The number of halogens is 2. The lowest BCUT2D eigenvalue weighted by Crippen LogP contribution is -2.28. The molecule has 3 rings (SSSR count). The van der Waals surface area contributed by atoms with Gasteiger partial charge in [0.25, 0.3) is 5.91 Å². The number of carbonyl (C=O) groups excluding carboxylic acids is 1. The van der Waals surface area contributed by atoms with Crippen molar-refractivity contribution in [2.45, 2.75) is 26.8 Å². The summed E-state index contributed by atoms with van der Waals surface area (Å²) in [6.45, 7) is 5.82. The molecule has 1 heterocycles. The summed E-state index contributed by atoms with van der Waals surface area (Å²) in [5, 5.41) is 3.02. The van der Waals surface area contributed by atoms with Crippen LogP contribution in [0.2, 0.25) is 5.02 Å². The number of hydrogen-bond donors (Lipinski definition) is 1. The number of rotatable bonds is 10. The zero-order valence-electron chi connectivity index (χ0n) is 17.7. The Labute approximate surface area is 186 Å². The highest BCUT2D eigenvalue weighted by Gasteiger charge is 2.12. The average molecular weight is 445 g/mol. The average Bonchev–Trinajstić information content (AvgIpc) is 3.21. The number of carbonyl (C=O) groups is 1. The van der Waals surface area contributed by atoms with Gasteiger partial charge in [-0.3, -0.25) is 4.79 Å². The maximum atomic E-state index is 13.7. The van der Waals surface area contributed by atoms with Crippen LogP contribution in [0.25, 0.3) is 0 Å². The first-order valence-corrected chi connectivity index (χ1v) is 10.6. The first-order chi connectivity index (χ1) is 15.0. The first-order valence-electron chi connectivity index (χ1n) is 10.3. The fraction of sp³-hybridized carbons (Fsp3) is 0.292. The normalized spacial score (nSPS) is 10.7. The van der Waals surface area contributed by atoms with Crippen LogP contribution in [0.5, 0.6) is 11.5 Å². The summed E-state index contributed by atoms with van der Waals surface area (Å²) in [5.74, 6) is 0.764. The second-order valence-electron chi connectivity index (χ2n) is 6.92. The standard InChI is InChI=1S/C24H26ClFN2O3/c1-3-30-22-10-8-17(15-23(22)31-4-2)11-12-27-24(29)21-6-5-13-28(21)16-18-7-9-19(25)20(26)14-18/h5-10,13-15H,3-4,11-12,16H2,1-2H3,(H,27,29). The summed E-state index contributed by atoms with van der Waals surface area (Å²) in [4.78, 5) is 12.7. The van der Waals surface area contributed by atoms with Gasteiger partial charge in [0.15, 0.2) is 11.5 Å². The predicted molar refractivity (Wildman–Crippen MR) is 120 cm³/mol. The van der Waals surface area contributed by atoms with Crippen molar-refractivity contribution in [1.29, 1.82) is 0 Å². The van der Waals surface area contributed by atoms with Gasteiger partial charge in [0.2, 0.25) is 0 Å². The van der Waals surface area contributed by atoms with Crippen molar-refractivity contribution in [3.63, 3.8) is 0 Å². The minimum atomic E-state index is -0.473. The van der Waals surface area contributed by atoms with Gasteiger partial charge in [0.1, 0.15) is 11.5 Å². The van der Waals surface area contributed by atoms with Gasteiger partial charge in [0.05, 0.1) is 18.2 Å². The Morgan fingerprint density at radius 2 is 1.77 bits per heavy atom. The van der Waals surface area contributed by atoms with Crippen molar-refractivity contribution in [1.82, 2.24) is 9.88 Å². The van der Waals surface area contributed by atoms with Gasteiger partial charge in [-0.15, -0.1) is 0 Å². The van der Waals surface area contributed by atoms with E-state index in [4.69, 9.17) is 21.1 Å². The molecule has 0 aliphatic heterocycles. The number of aromatic nitrogens is 1. The SMILES string of the molecule is CCOc1ccc(CCNC(=O)c2cccn2Cc2ccc(Cl)c(F)c2)cc1OCC. The summed E-state index contributed by atoms with van der Waals surface area (Å²) >= 11 is 5.74. The Bertz CT molecular complexity index is 1040. The molecule has 2 aromatic carbocycles. The van der Waals surface area contributed by atoms with Crippen LogP contribution in [0, 0.1) is 5.82 Å². The smallest absolute Gasteiger partial charge is 0.267 e. The van der Waals surface area contributed by atoms with E-state index in [9.17, 15) is 9.18 Å². The molecule has 3 aromatic rings. The Morgan fingerprint density at radius 3 is 2.52 bits per heavy atom. The van der Waals surface area contributed by atoms with Gasteiger partial charge >= 0.3 is 0 Å². The fourth-order valence-corrected chi connectivity index (χ4v) is 3.37. The Kier molecular flexibility index (Phi) is 7.95. The van der Waals surface area contributed by atoms with Crippen LogP contribution in [0.1, 0.15) is 35.5 Å². The van der Waals surface area contributed by atoms with Crippen LogP contribution in [0.15, 0.2) is 54.7 Å². The molecule has 0 radical (unpaired) electrons. The van der Waals surface area contributed by atoms with E-state index in [1.165, 1.54) is 12.1 Å². The molecule has 0 fully saturated rings. The quantitative estimate of drug-likeness (QED) is 0.473. The third-order valence-corrected chi connectivity index (χ3v) is 5.01. The van der Waals surface area contributed by atoms with Gasteiger partial charge < -0.3 is 19.4 Å². The molecule has 0 unspecified atom stereocenters. The molecule has 164 valence electrons. The van der Waals surface area contributed by atoms with E-state index in [0.29, 0.717) is 49.9 Å². The molecule has 0 spiro atoms. The molecular weight excluding hydrogens is 419 g/mol. The number of ether oxygens (including phenoxy) is 2. The first kappa shape index (κ1) is 22.7. The molecule has 7 heteroatoms. The monoisotopic (exact) mass is 444 g/mol. The van der Waals surface area contributed by atoms with E-state index in [1.807, 2.05) is 32.0 Å². The number of nitrogens with zero attached hydrogens (tertiary/aromatic N) is 1. The molecule has 0 aliphatic carbocycles. The van der Waals surface area contributed by atoms with E-state index in [0.717, 1.165) is 11.1 Å².